The van der Waals surface area contributed by atoms with Crippen LogP contribution >= 0.6 is 15.9 Å². The van der Waals surface area contributed by atoms with Gasteiger partial charge in [0.15, 0.2) is 0 Å². The smallest absolute Gasteiger partial charge is 0.267 e. The zero-order valence-electron chi connectivity index (χ0n) is 12.0. The summed E-state index contributed by atoms with van der Waals surface area (Å²) in [6.07, 6.45) is 5.44. The van der Waals surface area contributed by atoms with Crippen molar-refractivity contribution in [3.8, 4) is 0 Å². The SMILES string of the molecule is Cc1c(/C=C/C(=O)N2CCC=C(Br)C2=O)oc2ccccc12. The van der Waals surface area contributed by atoms with Gasteiger partial charge in [-0.05, 0) is 41.4 Å². The molecule has 1 aliphatic heterocycles. The van der Waals surface area contributed by atoms with Crippen LogP contribution in [0.5, 0.6) is 0 Å². The Morgan fingerprint density at radius 2 is 2.14 bits per heavy atom. The van der Waals surface area contributed by atoms with Crippen molar-refractivity contribution in [2.75, 3.05) is 6.54 Å². The van der Waals surface area contributed by atoms with Crippen molar-refractivity contribution in [1.82, 2.24) is 4.90 Å². The fourth-order valence-corrected chi connectivity index (χ4v) is 2.88. The number of fused-ring (bicyclic) bond motifs is 1. The van der Waals surface area contributed by atoms with Crippen LogP contribution < -0.4 is 0 Å². The first-order valence-electron chi connectivity index (χ1n) is 6.95. The van der Waals surface area contributed by atoms with Crippen molar-refractivity contribution < 1.29 is 14.0 Å². The fraction of sp³-hybridized carbons (Fsp3) is 0.176. The van der Waals surface area contributed by atoms with E-state index in [2.05, 4.69) is 15.9 Å². The van der Waals surface area contributed by atoms with Crippen molar-refractivity contribution in [2.24, 2.45) is 0 Å². The van der Waals surface area contributed by atoms with Crippen LogP contribution in [0.4, 0.5) is 0 Å². The Bertz CT molecular complexity index is 816. The maximum absolute atomic E-state index is 12.2. The summed E-state index contributed by atoms with van der Waals surface area (Å²) in [6.45, 7) is 2.34. The predicted octanol–water partition coefficient (Wildman–Crippen LogP) is 3.79. The van der Waals surface area contributed by atoms with E-state index in [0.29, 0.717) is 23.2 Å². The quantitative estimate of drug-likeness (QED) is 0.766. The van der Waals surface area contributed by atoms with Crippen molar-refractivity contribution in [2.45, 2.75) is 13.3 Å². The second kappa shape index (κ2) is 5.93. The van der Waals surface area contributed by atoms with Gasteiger partial charge in [-0.15, -0.1) is 0 Å². The lowest BCUT2D eigenvalue weighted by atomic mass is 10.1. The lowest BCUT2D eigenvalue weighted by Crippen LogP contribution is -2.38. The maximum Gasteiger partial charge on any atom is 0.267 e. The number of hydrogen-bond donors (Lipinski definition) is 0. The number of benzene rings is 1. The lowest BCUT2D eigenvalue weighted by Gasteiger charge is -2.21. The predicted molar refractivity (Wildman–Crippen MR) is 88.3 cm³/mol. The molecule has 2 amide bonds. The van der Waals surface area contributed by atoms with E-state index in [1.54, 1.807) is 12.2 Å². The molecular formula is C17H14BrNO3. The molecule has 0 N–H and O–H groups in total. The molecule has 4 nitrogen and oxygen atoms in total. The highest BCUT2D eigenvalue weighted by Crippen LogP contribution is 2.26. The number of furan rings is 1. The standard InChI is InChI=1S/C17H14BrNO3/c1-11-12-5-2-3-7-15(12)22-14(11)8-9-16(20)19-10-4-6-13(18)17(19)21/h2-3,5-9H,4,10H2,1H3/b9-8+. The Morgan fingerprint density at radius 3 is 2.91 bits per heavy atom. The average Bonchev–Trinajstić information content (AvgIpc) is 2.84. The second-order valence-corrected chi connectivity index (χ2v) is 5.91. The van der Waals surface area contributed by atoms with Crippen molar-refractivity contribution in [3.63, 3.8) is 0 Å². The third-order valence-electron chi connectivity index (χ3n) is 3.65. The number of imide groups is 1. The van der Waals surface area contributed by atoms with Crippen molar-refractivity contribution in [1.29, 1.82) is 0 Å². The molecule has 0 unspecified atom stereocenters. The normalized spacial score (nSPS) is 15.6. The van der Waals surface area contributed by atoms with Gasteiger partial charge in [-0.25, -0.2) is 0 Å². The number of carbonyl (C=O) groups is 2. The van der Waals surface area contributed by atoms with Crippen LogP contribution in [0.2, 0.25) is 0 Å². The number of amides is 2. The van der Waals surface area contributed by atoms with Gasteiger partial charge in [0.1, 0.15) is 11.3 Å². The van der Waals surface area contributed by atoms with E-state index in [0.717, 1.165) is 16.5 Å². The van der Waals surface area contributed by atoms with Gasteiger partial charge in [-0.3, -0.25) is 14.5 Å². The summed E-state index contributed by atoms with van der Waals surface area (Å²) in [4.78, 5) is 25.3. The highest BCUT2D eigenvalue weighted by atomic mass is 79.9. The molecule has 0 atom stereocenters. The minimum absolute atomic E-state index is 0.303. The van der Waals surface area contributed by atoms with Gasteiger partial charge in [-0.1, -0.05) is 24.3 Å². The number of aryl methyl sites for hydroxylation is 1. The number of para-hydroxylation sites is 1. The van der Waals surface area contributed by atoms with Crippen LogP contribution in [0.15, 0.2) is 45.3 Å². The largest absolute Gasteiger partial charge is 0.456 e. The third kappa shape index (κ3) is 2.64. The molecule has 112 valence electrons. The topological polar surface area (TPSA) is 50.5 Å². The summed E-state index contributed by atoms with van der Waals surface area (Å²) < 4.78 is 6.15. The molecule has 5 heteroatoms. The molecule has 0 radical (unpaired) electrons. The molecule has 0 fully saturated rings. The van der Waals surface area contributed by atoms with E-state index in [-0.39, 0.29) is 11.8 Å². The van der Waals surface area contributed by atoms with Gasteiger partial charge in [-0.2, -0.15) is 0 Å². The molecular weight excluding hydrogens is 346 g/mol. The van der Waals surface area contributed by atoms with Crippen molar-refractivity contribution in [3.05, 3.63) is 52.2 Å². The highest BCUT2D eigenvalue weighted by molar-refractivity contribution is 9.12. The number of carbonyl (C=O) groups excluding carboxylic acids is 2. The van der Waals surface area contributed by atoms with E-state index in [1.807, 2.05) is 31.2 Å². The molecule has 0 saturated carbocycles. The van der Waals surface area contributed by atoms with E-state index >= 15 is 0 Å². The Balaban J connectivity index is 1.84. The van der Waals surface area contributed by atoms with Crippen molar-refractivity contribution >= 4 is 44.8 Å². The van der Waals surface area contributed by atoms with Crippen LogP contribution in [0.25, 0.3) is 17.0 Å². The van der Waals surface area contributed by atoms with Gasteiger partial charge >= 0.3 is 0 Å². The molecule has 1 aromatic carbocycles. The Labute approximate surface area is 136 Å². The number of halogens is 1. The van der Waals surface area contributed by atoms with E-state index in [9.17, 15) is 9.59 Å². The average molecular weight is 360 g/mol. The third-order valence-corrected chi connectivity index (χ3v) is 4.31. The zero-order chi connectivity index (χ0) is 15.7. The first kappa shape index (κ1) is 14.8. The number of hydrogen-bond acceptors (Lipinski definition) is 3. The van der Waals surface area contributed by atoms with Crippen LogP contribution in [-0.2, 0) is 9.59 Å². The molecule has 0 saturated heterocycles. The fourth-order valence-electron chi connectivity index (χ4n) is 2.44. The van der Waals surface area contributed by atoms with Gasteiger partial charge in [0.2, 0.25) is 0 Å². The Morgan fingerprint density at radius 1 is 1.36 bits per heavy atom. The number of nitrogens with zero attached hydrogens (tertiary/aromatic N) is 1. The summed E-state index contributed by atoms with van der Waals surface area (Å²) in [5.74, 6) is -0.00856. The zero-order valence-corrected chi connectivity index (χ0v) is 13.6. The van der Waals surface area contributed by atoms with Gasteiger partial charge in [0.05, 0.1) is 4.48 Å². The summed E-state index contributed by atoms with van der Waals surface area (Å²) in [7, 11) is 0. The summed E-state index contributed by atoms with van der Waals surface area (Å²) >= 11 is 3.17. The molecule has 0 aliphatic carbocycles. The first-order chi connectivity index (χ1) is 10.6. The van der Waals surface area contributed by atoms with Crippen LogP contribution in [-0.4, -0.2) is 23.3 Å². The van der Waals surface area contributed by atoms with E-state index in [1.165, 1.54) is 11.0 Å². The molecule has 2 aromatic rings. The van der Waals surface area contributed by atoms with Crippen LogP contribution in [0, 0.1) is 6.92 Å². The second-order valence-electron chi connectivity index (χ2n) is 5.06. The molecule has 1 aromatic heterocycles. The van der Waals surface area contributed by atoms with Crippen LogP contribution in [0.1, 0.15) is 17.7 Å². The summed E-state index contributed by atoms with van der Waals surface area (Å²) in [5, 5.41) is 1.02. The monoisotopic (exact) mass is 359 g/mol. The maximum atomic E-state index is 12.2. The molecule has 2 heterocycles. The first-order valence-corrected chi connectivity index (χ1v) is 7.75. The van der Waals surface area contributed by atoms with E-state index < -0.39 is 0 Å². The molecule has 1 aliphatic rings. The molecule has 0 spiro atoms. The van der Waals surface area contributed by atoms with Crippen LogP contribution in [0.3, 0.4) is 0 Å². The minimum atomic E-state index is -0.338. The Kier molecular flexibility index (Phi) is 3.98. The van der Waals surface area contributed by atoms with Gasteiger partial charge in [0.25, 0.3) is 11.8 Å². The van der Waals surface area contributed by atoms with Gasteiger partial charge < -0.3 is 4.42 Å². The summed E-state index contributed by atoms with van der Waals surface area (Å²) in [5.41, 5.74) is 1.76. The molecule has 3 rings (SSSR count). The highest BCUT2D eigenvalue weighted by Gasteiger charge is 2.24. The minimum Gasteiger partial charge on any atom is -0.456 e. The van der Waals surface area contributed by atoms with Gasteiger partial charge in [0, 0.05) is 23.6 Å². The van der Waals surface area contributed by atoms with E-state index in [4.69, 9.17) is 4.42 Å². The lowest BCUT2D eigenvalue weighted by molar-refractivity contribution is -0.139. The summed E-state index contributed by atoms with van der Waals surface area (Å²) in [6, 6.07) is 7.71. The Hall–Kier alpha value is -2.14. The number of rotatable bonds is 2. The molecule has 0 bridgehead atoms. The molecule has 22 heavy (non-hydrogen) atoms.